The number of Topliss-reactive ketones (excluding diaryl/α,β-unsaturated/α-hetero) is 1. The van der Waals surface area contributed by atoms with Crippen LogP contribution in [0.25, 0.3) is 5.76 Å². The van der Waals surface area contributed by atoms with Gasteiger partial charge >= 0.3 is 0 Å². The maximum absolute atomic E-state index is 13.3. The molecule has 192 valence electrons. The molecule has 3 aromatic carbocycles. The lowest BCUT2D eigenvalue weighted by molar-refractivity contribution is -0.140. The van der Waals surface area contributed by atoms with E-state index >= 15 is 0 Å². The number of likely N-dealkylation sites (tertiary alicyclic amines) is 1. The average molecular weight is 499 g/mol. The minimum atomic E-state index is -0.711. The predicted octanol–water partition coefficient (Wildman–Crippen LogP) is 5.94. The number of hydrogen-bond acceptors (Lipinski definition) is 5. The van der Waals surface area contributed by atoms with Gasteiger partial charge in [0.1, 0.15) is 17.3 Å². The summed E-state index contributed by atoms with van der Waals surface area (Å²) >= 11 is 0. The van der Waals surface area contributed by atoms with E-state index in [2.05, 4.69) is 18.7 Å². The van der Waals surface area contributed by atoms with Crippen LogP contribution in [0.15, 0.2) is 84.4 Å². The van der Waals surface area contributed by atoms with Crippen molar-refractivity contribution in [3.63, 3.8) is 0 Å². The second kappa shape index (κ2) is 11.9. The molecule has 1 aliphatic heterocycles. The van der Waals surface area contributed by atoms with E-state index in [1.54, 1.807) is 17.0 Å². The number of amides is 1. The van der Waals surface area contributed by atoms with E-state index in [4.69, 9.17) is 4.74 Å². The molecule has 0 saturated carbocycles. The second-order valence-corrected chi connectivity index (χ2v) is 9.23. The standard InChI is InChI=1S/C31H34N2O4/c1-4-32(5-2)19-10-20-33-28(24-11-9-14-26(21-24)37-25-12-7-6-8-13-25)27(30(35)31(33)36)29(34)23-17-15-22(3)16-18-23/h6-9,11-18,21,28,34H,4-5,10,19-20H2,1-3H3. The third kappa shape index (κ3) is 5.92. The minimum absolute atomic E-state index is 0.105. The number of benzene rings is 3. The molecule has 1 saturated heterocycles. The highest BCUT2D eigenvalue weighted by atomic mass is 16.5. The Morgan fingerprint density at radius 2 is 1.59 bits per heavy atom. The van der Waals surface area contributed by atoms with Crippen molar-refractivity contribution in [2.45, 2.75) is 33.2 Å². The molecule has 0 aromatic heterocycles. The van der Waals surface area contributed by atoms with Crippen LogP contribution in [0.3, 0.4) is 0 Å². The summed E-state index contributed by atoms with van der Waals surface area (Å²) < 4.78 is 6.03. The van der Waals surface area contributed by atoms with Crippen molar-refractivity contribution in [3.05, 3.63) is 101 Å². The summed E-state index contributed by atoms with van der Waals surface area (Å²) in [5, 5.41) is 11.3. The third-order valence-corrected chi connectivity index (χ3v) is 6.79. The lowest BCUT2D eigenvalue weighted by Crippen LogP contribution is -2.33. The van der Waals surface area contributed by atoms with E-state index in [0.717, 1.165) is 31.6 Å². The quantitative estimate of drug-likeness (QED) is 0.213. The topological polar surface area (TPSA) is 70.1 Å². The van der Waals surface area contributed by atoms with Crippen LogP contribution in [-0.2, 0) is 9.59 Å². The fourth-order valence-electron chi connectivity index (χ4n) is 4.70. The Kier molecular flexibility index (Phi) is 8.41. The molecular weight excluding hydrogens is 464 g/mol. The Labute approximate surface area is 218 Å². The molecule has 1 heterocycles. The maximum atomic E-state index is 13.3. The molecule has 4 rings (SSSR count). The fourth-order valence-corrected chi connectivity index (χ4v) is 4.70. The van der Waals surface area contributed by atoms with Gasteiger partial charge < -0.3 is 19.6 Å². The number of nitrogens with zero attached hydrogens (tertiary/aromatic N) is 2. The highest BCUT2D eigenvalue weighted by Crippen LogP contribution is 2.40. The number of aliphatic hydroxyl groups excluding tert-OH is 1. The zero-order valence-electron chi connectivity index (χ0n) is 21.7. The number of ketones is 1. The van der Waals surface area contributed by atoms with Gasteiger partial charge in [-0.2, -0.15) is 0 Å². The average Bonchev–Trinajstić information content (AvgIpc) is 3.17. The van der Waals surface area contributed by atoms with Gasteiger partial charge in [-0.3, -0.25) is 9.59 Å². The molecule has 1 atom stereocenters. The molecule has 3 aromatic rings. The van der Waals surface area contributed by atoms with Crippen molar-refractivity contribution in [1.82, 2.24) is 9.80 Å². The third-order valence-electron chi connectivity index (χ3n) is 6.79. The number of carbonyl (C=O) groups excluding carboxylic acids is 2. The number of ether oxygens (including phenoxy) is 1. The first kappa shape index (κ1) is 26.2. The van der Waals surface area contributed by atoms with Crippen LogP contribution in [-0.4, -0.2) is 52.8 Å². The summed E-state index contributed by atoms with van der Waals surface area (Å²) in [4.78, 5) is 30.5. The summed E-state index contributed by atoms with van der Waals surface area (Å²) in [6.07, 6.45) is 0.718. The number of hydrogen-bond donors (Lipinski definition) is 1. The number of aryl methyl sites for hydroxylation is 1. The maximum Gasteiger partial charge on any atom is 0.295 e. The van der Waals surface area contributed by atoms with Crippen molar-refractivity contribution in [2.75, 3.05) is 26.2 Å². The Morgan fingerprint density at radius 3 is 2.27 bits per heavy atom. The fraction of sp³-hybridized carbons (Fsp3) is 0.290. The molecule has 1 aliphatic rings. The highest BCUT2D eigenvalue weighted by Gasteiger charge is 2.45. The van der Waals surface area contributed by atoms with Gasteiger partial charge in [-0.25, -0.2) is 0 Å². The molecule has 0 radical (unpaired) electrons. The van der Waals surface area contributed by atoms with Crippen molar-refractivity contribution >= 4 is 17.4 Å². The van der Waals surface area contributed by atoms with Crippen molar-refractivity contribution in [3.8, 4) is 11.5 Å². The van der Waals surface area contributed by atoms with Crippen LogP contribution in [0.5, 0.6) is 11.5 Å². The van der Waals surface area contributed by atoms with Crippen molar-refractivity contribution in [2.24, 2.45) is 0 Å². The minimum Gasteiger partial charge on any atom is -0.507 e. The molecule has 0 spiro atoms. The zero-order chi connectivity index (χ0) is 26.4. The number of aliphatic hydroxyl groups is 1. The lowest BCUT2D eigenvalue weighted by Gasteiger charge is -2.27. The lowest BCUT2D eigenvalue weighted by atomic mass is 9.95. The van der Waals surface area contributed by atoms with Gasteiger partial charge in [-0.05, 0) is 62.8 Å². The first-order valence-corrected chi connectivity index (χ1v) is 12.8. The van der Waals surface area contributed by atoms with E-state index < -0.39 is 17.7 Å². The molecule has 1 amide bonds. The van der Waals surface area contributed by atoms with Crippen LogP contribution in [0.4, 0.5) is 0 Å². The molecule has 1 fully saturated rings. The number of rotatable bonds is 10. The van der Waals surface area contributed by atoms with E-state index in [9.17, 15) is 14.7 Å². The summed E-state index contributed by atoms with van der Waals surface area (Å²) in [5.41, 5.74) is 2.36. The van der Waals surface area contributed by atoms with E-state index in [1.165, 1.54) is 0 Å². The largest absolute Gasteiger partial charge is 0.507 e. The SMILES string of the molecule is CCN(CC)CCCN1C(=O)C(=O)C(=C(O)c2ccc(C)cc2)C1c1cccc(Oc2ccccc2)c1. The summed E-state index contributed by atoms with van der Waals surface area (Å²) in [7, 11) is 0. The van der Waals surface area contributed by atoms with Gasteiger partial charge in [0.05, 0.1) is 11.6 Å². The van der Waals surface area contributed by atoms with Crippen LogP contribution in [0.1, 0.15) is 43.0 Å². The Morgan fingerprint density at radius 1 is 0.919 bits per heavy atom. The smallest absolute Gasteiger partial charge is 0.295 e. The molecule has 1 unspecified atom stereocenters. The van der Waals surface area contributed by atoms with Gasteiger partial charge in [-0.1, -0.05) is 74.0 Å². The Hall–Kier alpha value is -3.90. The molecule has 37 heavy (non-hydrogen) atoms. The van der Waals surface area contributed by atoms with Crippen molar-refractivity contribution in [1.29, 1.82) is 0 Å². The first-order valence-electron chi connectivity index (χ1n) is 12.8. The van der Waals surface area contributed by atoms with E-state index in [0.29, 0.717) is 29.2 Å². The van der Waals surface area contributed by atoms with Gasteiger partial charge in [0.2, 0.25) is 0 Å². The van der Waals surface area contributed by atoms with Gasteiger partial charge in [0, 0.05) is 12.1 Å². The second-order valence-electron chi connectivity index (χ2n) is 9.23. The summed E-state index contributed by atoms with van der Waals surface area (Å²) in [5.74, 6) is -0.141. The highest BCUT2D eigenvalue weighted by molar-refractivity contribution is 6.46. The Balaban J connectivity index is 1.73. The van der Waals surface area contributed by atoms with Gasteiger partial charge in [0.25, 0.3) is 11.7 Å². The molecule has 1 N–H and O–H groups in total. The predicted molar refractivity (Wildman–Crippen MR) is 146 cm³/mol. The Bertz CT molecular complexity index is 1260. The molecule has 0 bridgehead atoms. The van der Waals surface area contributed by atoms with Gasteiger partial charge in [0.15, 0.2) is 0 Å². The molecular formula is C31H34N2O4. The molecule has 6 heteroatoms. The van der Waals surface area contributed by atoms with Gasteiger partial charge in [-0.15, -0.1) is 0 Å². The first-order chi connectivity index (χ1) is 17.9. The zero-order valence-corrected chi connectivity index (χ0v) is 21.7. The van der Waals surface area contributed by atoms with Crippen LogP contribution in [0, 0.1) is 6.92 Å². The van der Waals surface area contributed by atoms with E-state index in [1.807, 2.05) is 73.7 Å². The molecule has 6 nitrogen and oxygen atoms in total. The van der Waals surface area contributed by atoms with Crippen LogP contribution < -0.4 is 4.74 Å². The van der Waals surface area contributed by atoms with Crippen LogP contribution in [0.2, 0.25) is 0 Å². The van der Waals surface area contributed by atoms with Crippen LogP contribution >= 0.6 is 0 Å². The summed E-state index contributed by atoms with van der Waals surface area (Å²) in [6, 6.07) is 23.4. The summed E-state index contributed by atoms with van der Waals surface area (Å²) in [6.45, 7) is 9.23. The number of carbonyl (C=O) groups is 2. The van der Waals surface area contributed by atoms with Crippen molar-refractivity contribution < 1.29 is 19.4 Å². The van der Waals surface area contributed by atoms with E-state index in [-0.39, 0.29) is 11.3 Å². The monoisotopic (exact) mass is 498 g/mol. The normalized spacial score (nSPS) is 17.0. The molecule has 0 aliphatic carbocycles. The number of para-hydroxylation sites is 1.